The van der Waals surface area contributed by atoms with Crippen molar-refractivity contribution in [1.82, 2.24) is 4.90 Å². The van der Waals surface area contributed by atoms with E-state index in [0.29, 0.717) is 13.1 Å². The molecule has 2 N–H and O–H groups in total. The van der Waals surface area contributed by atoms with E-state index in [1.165, 1.54) is 19.2 Å². The van der Waals surface area contributed by atoms with Crippen LogP contribution >= 0.6 is 11.6 Å². The summed E-state index contributed by atoms with van der Waals surface area (Å²) in [5, 5.41) is 0.213. The Hall–Kier alpha value is -1.99. The fourth-order valence-electron chi connectivity index (χ4n) is 2.58. The van der Waals surface area contributed by atoms with Gasteiger partial charge >= 0.3 is 5.97 Å². The van der Waals surface area contributed by atoms with Gasteiger partial charge < -0.3 is 24.8 Å². The van der Waals surface area contributed by atoms with E-state index in [0.717, 1.165) is 0 Å². The lowest BCUT2D eigenvalue weighted by Crippen LogP contribution is -2.49. The number of methoxy groups -OCH3 is 1. The first-order chi connectivity index (χ1) is 11.3. The standard InChI is InChI=1S/C16H21ClN2O5/c1-9-6-19(7-10(2)24-9)15(20)8-23-16(21)11-4-12(17)13(18)5-14(11)22-3/h4-5,9-10H,6-8,18H2,1-3H3. The SMILES string of the molecule is COc1cc(N)c(Cl)cc1C(=O)OCC(=O)N1CC(C)OC(C)C1. The average molecular weight is 357 g/mol. The molecule has 2 rings (SSSR count). The number of nitrogens with zero attached hydrogens (tertiary/aromatic N) is 1. The van der Waals surface area contributed by atoms with Crippen molar-refractivity contribution < 1.29 is 23.8 Å². The molecule has 2 unspecified atom stereocenters. The summed E-state index contributed by atoms with van der Waals surface area (Å²) in [6.07, 6.45) is -0.103. The second kappa shape index (κ2) is 7.72. The molecule has 0 radical (unpaired) electrons. The van der Waals surface area contributed by atoms with Crippen molar-refractivity contribution in [3.8, 4) is 5.75 Å². The van der Waals surface area contributed by atoms with E-state index in [1.54, 1.807) is 4.90 Å². The van der Waals surface area contributed by atoms with Crippen LogP contribution in [-0.2, 0) is 14.3 Å². The number of rotatable bonds is 4. The molecule has 0 spiro atoms. The predicted molar refractivity (Wildman–Crippen MR) is 89.3 cm³/mol. The lowest BCUT2D eigenvalue weighted by Gasteiger charge is -2.35. The monoisotopic (exact) mass is 356 g/mol. The summed E-state index contributed by atoms with van der Waals surface area (Å²) in [6.45, 7) is 4.37. The van der Waals surface area contributed by atoms with Crippen LogP contribution in [0.25, 0.3) is 0 Å². The summed E-state index contributed by atoms with van der Waals surface area (Å²) >= 11 is 5.93. The van der Waals surface area contributed by atoms with Gasteiger partial charge in [-0.2, -0.15) is 0 Å². The summed E-state index contributed by atoms with van der Waals surface area (Å²) in [4.78, 5) is 26.0. The zero-order valence-electron chi connectivity index (χ0n) is 13.9. The predicted octanol–water partition coefficient (Wildman–Crippen LogP) is 1.72. The van der Waals surface area contributed by atoms with Crippen LogP contribution in [0.2, 0.25) is 5.02 Å². The minimum Gasteiger partial charge on any atom is -0.496 e. The van der Waals surface area contributed by atoms with E-state index >= 15 is 0 Å². The number of benzene rings is 1. The van der Waals surface area contributed by atoms with Crippen LogP contribution in [0.4, 0.5) is 5.69 Å². The largest absolute Gasteiger partial charge is 0.496 e. The first kappa shape index (κ1) is 18.4. The third kappa shape index (κ3) is 4.30. The van der Waals surface area contributed by atoms with E-state index < -0.39 is 5.97 Å². The highest BCUT2D eigenvalue weighted by molar-refractivity contribution is 6.33. The van der Waals surface area contributed by atoms with Crippen LogP contribution in [-0.4, -0.2) is 55.8 Å². The van der Waals surface area contributed by atoms with Crippen LogP contribution in [0.5, 0.6) is 5.75 Å². The number of amides is 1. The van der Waals surface area contributed by atoms with E-state index in [2.05, 4.69) is 0 Å². The smallest absolute Gasteiger partial charge is 0.342 e. The number of esters is 1. The molecule has 132 valence electrons. The number of anilines is 1. The van der Waals surface area contributed by atoms with E-state index in [-0.39, 0.29) is 46.7 Å². The van der Waals surface area contributed by atoms with Gasteiger partial charge in [0.1, 0.15) is 11.3 Å². The van der Waals surface area contributed by atoms with E-state index in [4.69, 9.17) is 31.5 Å². The Morgan fingerprint density at radius 3 is 2.54 bits per heavy atom. The Labute approximate surface area is 145 Å². The normalized spacial score (nSPS) is 20.6. The lowest BCUT2D eigenvalue weighted by atomic mass is 10.2. The molecule has 8 heteroatoms. The lowest BCUT2D eigenvalue weighted by molar-refractivity contribution is -0.146. The number of hydrogen-bond donors (Lipinski definition) is 1. The fraction of sp³-hybridized carbons (Fsp3) is 0.500. The van der Waals surface area contributed by atoms with Crippen LogP contribution in [0.15, 0.2) is 12.1 Å². The van der Waals surface area contributed by atoms with Crippen LogP contribution in [0.3, 0.4) is 0 Å². The van der Waals surface area contributed by atoms with Gasteiger partial charge in [-0.25, -0.2) is 4.79 Å². The van der Waals surface area contributed by atoms with Gasteiger partial charge in [0, 0.05) is 19.2 Å². The van der Waals surface area contributed by atoms with Gasteiger partial charge in [-0.15, -0.1) is 0 Å². The zero-order valence-corrected chi connectivity index (χ0v) is 14.6. The second-order valence-corrected chi connectivity index (χ2v) is 6.11. The number of carbonyl (C=O) groups excluding carboxylic acids is 2. The molecule has 0 aromatic heterocycles. The molecule has 0 aliphatic carbocycles. The van der Waals surface area contributed by atoms with Crippen molar-refractivity contribution in [2.24, 2.45) is 0 Å². The third-order valence-corrected chi connectivity index (χ3v) is 3.97. The summed E-state index contributed by atoms with van der Waals surface area (Å²) in [5.41, 5.74) is 6.08. The van der Waals surface area contributed by atoms with Gasteiger partial charge in [-0.05, 0) is 19.9 Å². The zero-order chi connectivity index (χ0) is 17.9. The van der Waals surface area contributed by atoms with Crippen LogP contribution < -0.4 is 10.5 Å². The molecular formula is C16H21ClN2O5. The van der Waals surface area contributed by atoms with Gasteiger partial charge in [0.15, 0.2) is 6.61 Å². The molecule has 0 bridgehead atoms. The molecule has 1 fully saturated rings. The summed E-state index contributed by atoms with van der Waals surface area (Å²) in [5.74, 6) is -0.731. The average Bonchev–Trinajstić information content (AvgIpc) is 2.53. The van der Waals surface area contributed by atoms with Crippen molar-refractivity contribution in [2.75, 3.05) is 32.5 Å². The van der Waals surface area contributed by atoms with Crippen LogP contribution in [0.1, 0.15) is 24.2 Å². The number of carbonyl (C=O) groups is 2. The van der Waals surface area contributed by atoms with Crippen molar-refractivity contribution in [3.05, 3.63) is 22.7 Å². The Morgan fingerprint density at radius 1 is 1.33 bits per heavy atom. The van der Waals surface area contributed by atoms with Crippen LogP contribution in [0, 0.1) is 0 Å². The summed E-state index contributed by atoms with van der Waals surface area (Å²) in [6, 6.07) is 2.80. The molecule has 1 aliphatic heterocycles. The third-order valence-electron chi connectivity index (χ3n) is 3.64. The minimum absolute atomic E-state index is 0.0515. The number of hydrogen-bond acceptors (Lipinski definition) is 6. The molecule has 1 saturated heterocycles. The highest BCUT2D eigenvalue weighted by Crippen LogP contribution is 2.29. The quantitative estimate of drug-likeness (QED) is 0.652. The topological polar surface area (TPSA) is 91.1 Å². The van der Waals surface area contributed by atoms with E-state index in [1.807, 2.05) is 13.8 Å². The maximum absolute atomic E-state index is 12.2. The molecule has 1 aromatic carbocycles. The van der Waals surface area contributed by atoms with Gasteiger partial charge in [0.25, 0.3) is 5.91 Å². The van der Waals surface area contributed by atoms with Gasteiger partial charge in [-0.1, -0.05) is 11.6 Å². The van der Waals surface area contributed by atoms with E-state index in [9.17, 15) is 9.59 Å². The number of halogens is 1. The Kier molecular flexibility index (Phi) is 5.90. The molecule has 1 heterocycles. The molecular weight excluding hydrogens is 336 g/mol. The Morgan fingerprint density at radius 2 is 1.96 bits per heavy atom. The van der Waals surface area contributed by atoms with Crippen molar-refractivity contribution in [3.63, 3.8) is 0 Å². The highest BCUT2D eigenvalue weighted by Gasteiger charge is 2.27. The maximum atomic E-state index is 12.2. The van der Waals surface area contributed by atoms with Gasteiger partial charge in [0.05, 0.1) is 30.0 Å². The minimum atomic E-state index is -0.698. The Bertz CT molecular complexity index is 627. The molecule has 24 heavy (non-hydrogen) atoms. The Balaban J connectivity index is 2.00. The summed E-state index contributed by atoms with van der Waals surface area (Å²) < 4.78 is 15.8. The fourth-order valence-corrected chi connectivity index (χ4v) is 2.74. The number of nitrogen functional groups attached to an aromatic ring is 1. The number of nitrogens with two attached hydrogens (primary N) is 1. The molecule has 2 atom stereocenters. The molecule has 1 aliphatic rings. The van der Waals surface area contributed by atoms with Gasteiger partial charge in [0.2, 0.25) is 0 Å². The van der Waals surface area contributed by atoms with Crippen molar-refractivity contribution in [1.29, 1.82) is 0 Å². The molecule has 1 amide bonds. The molecule has 7 nitrogen and oxygen atoms in total. The highest BCUT2D eigenvalue weighted by atomic mass is 35.5. The first-order valence-electron chi connectivity index (χ1n) is 7.55. The molecule has 0 saturated carbocycles. The second-order valence-electron chi connectivity index (χ2n) is 5.71. The number of ether oxygens (including phenoxy) is 3. The summed E-state index contributed by atoms with van der Waals surface area (Å²) in [7, 11) is 1.40. The van der Waals surface area contributed by atoms with Crippen molar-refractivity contribution >= 4 is 29.2 Å². The first-order valence-corrected chi connectivity index (χ1v) is 7.93. The van der Waals surface area contributed by atoms with Gasteiger partial charge in [-0.3, -0.25) is 4.79 Å². The van der Waals surface area contributed by atoms with Crippen molar-refractivity contribution in [2.45, 2.75) is 26.1 Å². The molecule has 1 aromatic rings. The number of morpholine rings is 1. The maximum Gasteiger partial charge on any atom is 0.342 e.